The lowest BCUT2D eigenvalue weighted by atomic mass is 9.68. The lowest BCUT2D eigenvalue weighted by molar-refractivity contribution is -0.118. The molecule has 1 unspecified atom stereocenters. The number of nitrogens with one attached hydrogen (secondary N) is 1. The number of fused-ring (bicyclic) bond motifs is 1. The Bertz CT molecular complexity index is 1410. The lowest BCUT2D eigenvalue weighted by Gasteiger charge is -2.39. The molecule has 5 rings (SSSR count). The maximum Gasteiger partial charge on any atom is 0.162 e. The quantitative estimate of drug-likeness (QED) is 0.406. The SMILES string of the molecule is COc1ccccc1C1C2=C(CC(C)(C)CC2=O)Nc2c1c(C(C)(C)C)nn2-c1ccc(Cl)c(C)c1. The van der Waals surface area contributed by atoms with Gasteiger partial charge < -0.3 is 10.1 Å². The molecule has 0 spiro atoms. The van der Waals surface area contributed by atoms with Crippen molar-refractivity contribution >= 4 is 23.2 Å². The summed E-state index contributed by atoms with van der Waals surface area (Å²) < 4.78 is 7.80. The predicted octanol–water partition coefficient (Wildman–Crippen LogP) is 7.34. The highest BCUT2D eigenvalue weighted by molar-refractivity contribution is 6.31. The van der Waals surface area contributed by atoms with Crippen molar-refractivity contribution in [2.75, 3.05) is 12.4 Å². The molecule has 2 aliphatic rings. The number of methoxy groups -OCH3 is 1. The number of anilines is 1. The van der Waals surface area contributed by atoms with Crippen molar-refractivity contribution in [1.82, 2.24) is 9.78 Å². The summed E-state index contributed by atoms with van der Waals surface area (Å²) in [7, 11) is 1.69. The number of ketones is 1. The van der Waals surface area contributed by atoms with Gasteiger partial charge in [-0.3, -0.25) is 4.79 Å². The molecule has 0 amide bonds. The van der Waals surface area contributed by atoms with E-state index in [0.29, 0.717) is 6.42 Å². The van der Waals surface area contributed by atoms with Gasteiger partial charge in [0.15, 0.2) is 5.78 Å². The van der Waals surface area contributed by atoms with E-state index in [0.717, 1.165) is 62.4 Å². The van der Waals surface area contributed by atoms with Gasteiger partial charge >= 0.3 is 0 Å². The van der Waals surface area contributed by atoms with Gasteiger partial charge in [0.1, 0.15) is 11.6 Å². The molecule has 36 heavy (non-hydrogen) atoms. The number of ether oxygens (including phenoxy) is 1. The molecule has 0 fully saturated rings. The topological polar surface area (TPSA) is 56.1 Å². The van der Waals surface area contributed by atoms with Crippen molar-refractivity contribution in [2.45, 2.75) is 65.7 Å². The Morgan fingerprint density at radius 3 is 2.53 bits per heavy atom. The summed E-state index contributed by atoms with van der Waals surface area (Å²) in [4.78, 5) is 13.8. The molecule has 0 bridgehead atoms. The van der Waals surface area contributed by atoms with Gasteiger partial charge in [-0.15, -0.1) is 0 Å². The van der Waals surface area contributed by atoms with Crippen molar-refractivity contribution < 1.29 is 9.53 Å². The summed E-state index contributed by atoms with van der Waals surface area (Å²) in [5, 5.41) is 9.61. The Balaban J connectivity index is 1.85. The van der Waals surface area contributed by atoms with E-state index in [1.807, 2.05) is 41.9 Å². The largest absolute Gasteiger partial charge is 0.496 e. The highest BCUT2D eigenvalue weighted by Gasteiger charge is 2.45. The molecule has 2 aromatic carbocycles. The number of aromatic nitrogens is 2. The van der Waals surface area contributed by atoms with E-state index < -0.39 is 0 Å². The molecular weight excluding hydrogens is 470 g/mol. The first-order chi connectivity index (χ1) is 16.9. The molecule has 0 saturated heterocycles. The summed E-state index contributed by atoms with van der Waals surface area (Å²) in [5.74, 6) is 1.59. The zero-order chi connectivity index (χ0) is 26.0. The molecule has 6 heteroatoms. The van der Waals surface area contributed by atoms with Gasteiger partial charge in [-0.1, -0.05) is 64.4 Å². The van der Waals surface area contributed by atoms with Gasteiger partial charge in [0, 0.05) is 45.2 Å². The highest BCUT2D eigenvalue weighted by atomic mass is 35.5. The number of allylic oxidation sites excluding steroid dienone is 2. The van der Waals surface area contributed by atoms with Gasteiger partial charge in [-0.05, 0) is 48.6 Å². The summed E-state index contributed by atoms with van der Waals surface area (Å²) in [6.45, 7) is 12.8. The van der Waals surface area contributed by atoms with Crippen LogP contribution in [0.3, 0.4) is 0 Å². The number of halogens is 1. The van der Waals surface area contributed by atoms with E-state index >= 15 is 0 Å². The molecule has 0 radical (unpaired) electrons. The van der Waals surface area contributed by atoms with Crippen LogP contribution in [0.4, 0.5) is 5.82 Å². The molecule has 1 atom stereocenters. The minimum Gasteiger partial charge on any atom is -0.496 e. The molecule has 1 aliphatic carbocycles. The molecule has 3 aromatic rings. The van der Waals surface area contributed by atoms with Crippen molar-refractivity contribution in [3.63, 3.8) is 0 Å². The minimum atomic E-state index is -0.271. The molecule has 0 saturated carbocycles. The second-order valence-corrected chi connectivity index (χ2v) is 12.2. The van der Waals surface area contributed by atoms with Crippen LogP contribution in [0.15, 0.2) is 53.7 Å². The van der Waals surface area contributed by atoms with Crippen LogP contribution in [-0.4, -0.2) is 22.7 Å². The van der Waals surface area contributed by atoms with Gasteiger partial charge in [0.05, 0.1) is 18.5 Å². The molecule has 1 N–H and O–H groups in total. The third kappa shape index (κ3) is 4.03. The normalized spacial score (nSPS) is 19.0. The van der Waals surface area contributed by atoms with Crippen LogP contribution < -0.4 is 10.1 Å². The van der Waals surface area contributed by atoms with Crippen LogP contribution in [0.1, 0.15) is 75.8 Å². The Hall–Kier alpha value is -3.05. The van der Waals surface area contributed by atoms with Crippen molar-refractivity contribution in [2.24, 2.45) is 5.41 Å². The Morgan fingerprint density at radius 1 is 1.14 bits per heavy atom. The number of carbonyl (C=O) groups is 1. The average Bonchev–Trinajstić information content (AvgIpc) is 3.18. The van der Waals surface area contributed by atoms with Crippen molar-refractivity contribution in [3.8, 4) is 11.4 Å². The van der Waals surface area contributed by atoms with E-state index in [-0.39, 0.29) is 22.5 Å². The number of rotatable bonds is 3. The van der Waals surface area contributed by atoms with Crippen LogP contribution in [0.2, 0.25) is 5.02 Å². The Kier molecular flexibility index (Phi) is 5.83. The number of carbonyl (C=O) groups excluding carboxylic acids is 1. The van der Waals surface area contributed by atoms with Crippen LogP contribution in [0.5, 0.6) is 5.75 Å². The number of aryl methyl sites for hydroxylation is 1. The fraction of sp³-hybridized carbons (Fsp3) is 0.400. The number of para-hydroxylation sites is 1. The first-order valence-electron chi connectivity index (χ1n) is 12.5. The Morgan fingerprint density at radius 2 is 1.86 bits per heavy atom. The number of hydrogen-bond donors (Lipinski definition) is 1. The van der Waals surface area contributed by atoms with Gasteiger partial charge in [-0.2, -0.15) is 5.10 Å². The van der Waals surface area contributed by atoms with Crippen LogP contribution >= 0.6 is 11.6 Å². The number of nitrogens with zero attached hydrogens (tertiary/aromatic N) is 2. The minimum absolute atomic E-state index is 0.125. The maximum absolute atomic E-state index is 13.8. The lowest BCUT2D eigenvalue weighted by Crippen LogP contribution is -2.34. The smallest absolute Gasteiger partial charge is 0.162 e. The number of benzene rings is 2. The van der Waals surface area contributed by atoms with Gasteiger partial charge in [0.2, 0.25) is 0 Å². The van der Waals surface area contributed by atoms with Crippen molar-refractivity contribution in [3.05, 3.63) is 81.1 Å². The third-order valence-electron chi connectivity index (χ3n) is 7.24. The fourth-order valence-electron chi connectivity index (χ4n) is 5.61. The average molecular weight is 504 g/mol. The van der Waals surface area contributed by atoms with Gasteiger partial charge in [0.25, 0.3) is 0 Å². The standard InChI is InChI=1S/C30H34ClN3O2/c1-17-14-18(12-13-20(17)31)34-28-26(27(33-34)29(2,3)4)24(19-10-8-9-11-23(19)36-7)25-21(32-28)15-30(5,6)16-22(25)35/h8-14,24,32H,15-16H2,1-7H3. The van der Waals surface area contributed by atoms with Crippen LogP contribution in [-0.2, 0) is 10.2 Å². The van der Waals surface area contributed by atoms with E-state index in [9.17, 15) is 4.79 Å². The van der Waals surface area contributed by atoms with Crippen molar-refractivity contribution in [1.29, 1.82) is 0 Å². The fourth-order valence-corrected chi connectivity index (χ4v) is 5.73. The second kappa shape index (κ2) is 8.52. The molecule has 5 nitrogen and oxygen atoms in total. The molecular formula is C30H34ClN3O2. The second-order valence-electron chi connectivity index (χ2n) is 11.8. The molecule has 188 valence electrons. The number of Topliss-reactive ketones (excluding diaryl/α,β-unsaturated/α-hetero) is 1. The molecule has 1 aliphatic heterocycles. The highest BCUT2D eigenvalue weighted by Crippen LogP contribution is 2.53. The Labute approximate surface area is 218 Å². The molecule has 1 aromatic heterocycles. The zero-order valence-corrected chi connectivity index (χ0v) is 22.9. The number of hydrogen-bond acceptors (Lipinski definition) is 4. The maximum atomic E-state index is 13.8. The van der Waals surface area contributed by atoms with E-state index in [1.165, 1.54) is 0 Å². The van der Waals surface area contributed by atoms with E-state index in [1.54, 1.807) is 7.11 Å². The summed E-state index contributed by atoms with van der Waals surface area (Å²) in [5.41, 5.74) is 6.33. The molecule has 2 heterocycles. The summed E-state index contributed by atoms with van der Waals surface area (Å²) in [6.07, 6.45) is 1.30. The summed E-state index contributed by atoms with van der Waals surface area (Å²) >= 11 is 6.36. The van der Waals surface area contributed by atoms with E-state index in [4.69, 9.17) is 21.4 Å². The van der Waals surface area contributed by atoms with Crippen LogP contribution in [0.25, 0.3) is 5.69 Å². The zero-order valence-electron chi connectivity index (χ0n) is 22.1. The third-order valence-corrected chi connectivity index (χ3v) is 7.66. The van der Waals surface area contributed by atoms with E-state index in [2.05, 4.69) is 52.1 Å². The predicted molar refractivity (Wildman–Crippen MR) is 146 cm³/mol. The monoisotopic (exact) mass is 503 g/mol. The van der Waals surface area contributed by atoms with Crippen LogP contribution in [0, 0.1) is 12.3 Å². The van der Waals surface area contributed by atoms with Gasteiger partial charge in [-0.25, -0.2) is 4.68 Å². The first kappa shape index (κ1) is 24.6. The first-order valence-corrected chi connectivity index (χ1v) is 12.8. The summed E-state index contributed by atoms with van der Waals surface area (Å²) in [6, 6.07) is 14.0.